The van der Waals surface area contributed by atoms with Gasteiger partial charge in [-0.3, -0.25) is 0 Å². The van der Waals surface area contributed by atoms with E-state index in [0.717, 1.165) is 0 Å². The van der Waals surface area contributed by atoms with E-state index in [9.17, 15) is 0 Å². The molecule has 0 unspecified atom stereocenters. The van der Waals surface area contributed by atoms with Gasteiger partial charge in [-0.15, -0.1) is 0 Å². The molecule has 1 aromatic heterocycles. The summed E-state index contributed by atoms with van der Waals surface area (Å²) in [5.74, 6) is 0. The summed E-state index contributed by atoms with van der Waals surface area (Å²) in [6.07, 6.45) is 6.39. The summed E-state index contributed by atoms with van der Waals surface area (Å²) in [6, 6.07) is 2.10. The van der Waals surface area contributed by atoms with Gasteiger partial charge >= 0.3 is 0 Å². The molecule has 1 aliphatic rings. The zero-order valence-electron chi connectivity index (χ0n) is 11.8. The Kier molecular flexibility index (Phi) is 16.1. The summed E-state index contributed by atoms with van der Waals surface area (Å²) in [6.45, 7) is 12.3. The quantitative estimate of drug-likeness (QED) is 0.472. The van der Waals surface area contributed by atoms with Crippen molar-refractivity contribution in [3.05, 3.63) is 34.0 Å². The Hall–Kier alpha value is -0.560. The van der Waals surface area contributed by atoms with Gasteiger partial charge in [0.15, 0.2) is 0 Å². The number of thiophene rings is 1. The maximum Gasteiger partial charge on any atom is -0.00641 e. The van der Waals surface area contributed by atoms with Gasteiger partial charge < -0.3 is 0 Å². The first-order valence-corrected chi connectivity index (χ1v) is 7.38. The van der Waals surface area contributed by atoms with Crippen LogP contribution in [0.2, 0.25) is 0 Å². The van der Waals surface area contributed by atoms with Crippen LogP contribution in [0.15, 0.2) is 28.5 Å². The molecule has 0 nitrogen and oxygen atoms in total. The summed E-state index contributed by atoms with van der Waals surface area (Å²) in [5, 5.41) is 4.20. The van der Waals surface area contributed by atoms with Crippen molar-refractivity contribution in [1.82, 2.24) is 0 Å². The van der Waals surface area contributed by atoms with Gasteiger partial charge in [-0.25, -0.2) is 0 Å². The predicted octanol–water partition coefficient (Wildman–Crippen LogP) is 6.23. The maximum atomic E-state index is 2.32. The van der Waals surface area contributed by atoms with Crippen molar-refractivity contribution in [3.63, 3.8) is 0 Å². The predicted molar refractivity (Wildman–Crippen MR) is 79.4 cm³/mol. The fourth-order valence-corrected chi connectivity index (χ4v) is 1.83. The molecule has 1 heteroatoms. The minimum Gasteiger partial charge on any atom is -0.152 e. The molecule has 1 aliphatic carbocycles. The normalized spacial score (nSPS) is 12.0. The van der Waals surface area contributed by atoms with Crippen LogP contribution < -0.4 is 0 Å². The fourth-order valence-electron chi connectivity index (χ4n) is 1.16. The maximum absolute atomic E-state index is 2.32. The van der Waals surface area contributed by atoms with Gasteiger partial charge in [0.05, 0.1) is 0 Å². The van der Waals surface area contributed by atoms with Crippen LogP contribution in [0.1, 0.15) is 59.4 Å². The first kappa shape index (κ1) is 17.8. The Labute approximate surface area is 106 Å². The lowest BCUT2D eigenvalue weighted by molar-refractivity contribution is 0.907. The van der Waals surface area contributed by atoms with Crippen LogP contribution >= 0.6 is 11.3 Å². The molecule has 0 N–H and O–H groups in total. The van der Waals surface area contributed by atoms with E-state index < -0.39 is 0 Å². The highest BCUT2D eigenvalue weighted by Crippen LogP contribution is 2.15. The van der Waals surface area contributed by atoms with Crippen molar-refractivity contribution in [2.75, 3.05) is 0 Å². The zero-order valence-corrected chi connectivity index (χ0v) is 12.7. The van der Waals surface area contributed by atoms with Gasteiger partial charge in [-0.05, 0) is 55.5 Å². The van der Waals surface area contributed by atoms with Gasteiger partial charge in [-0.1, -0.05) is 39.3 Å². The van der Waals surface area contributed by atoms with Gasteiger partial charge in [0.25, 0.3) is 0 Å². The average Bonchev–Trinajstić information content (AvgIpc) is 2.98. The Morgan fingerprint density at radius 1 is 1.06 bits per heavy atom. The molecule has 0 aliphatic heterocycles. The third-order valence-corrected chi connectivity index (χ3v) is 2.73. The molecule has 0 saturated carbocycles. The van der Waals surface area contributed by atoms with Gasteiger partial charge in [0, 0.05) is 0 Å². The highest BCUT2D eigenvalue weighted by molar-refractivity contribution is 7.07. The summed E-state index contributed by atoms with van der Waals surface area (Å²) in [7, 11) is 0. The van der Waals surface area contributed by atoms with Crippen molar-refractivity contribution in [2.24, 2.45) is 0 Å². The minimum atomic E-state index is 1.33. The number of aryl methyl sites for hydroxylation is 1. The first-order valence-electron chi connectivity index (χ1n) is 6.43. The fraction of sp³-hybridized carbons (Fsp3) is 0.600. The van der Waals surface area contributed by atoms with Gasteiger partial charge in [0.1, 0.15) is 0 Å². The van der Waals surface area contributed by atoms with Crippen molar-refractivity contribution in [2.45, 2.75) is 60.8 Å². The highest BCUT2D eigenvalue weighted by atomic mass is 32.1. The van der Waals surface area contributed by atoms with Gasteiger partial charge in [-0.2, -0.15) is 11.3 Å². The molecule has 16 heavy (non-hydrogen) atoms. The molecule has 0 spiro atoms. The molecular weight excluding hydrogens is 212 g/mol. The molecule has 1 aromatic rings. The van der Waals surface area contributed by atoms with Crippen LogP contribution in [0.25, 0.3) is 0 Å². The molecule has 0 radical (unpaired) electrons. The lowest BCUT2D eigenvalue weighted by Crippen LogP contribution is -1.59. The second-order valence-electron chi connectivity index (χ2n) is 3.24. The van der Waals surface area contributed by atoms with Crippen LogP contribution in [0.5, 0.6) is 0 Å². The lowest BCUT2D eigenvalue weighted by Gasteiger charge is -1.79. The molecule has 0 fully saturated rings. The van der Waals surface area contributed by atoms with E-state index in [0.29, 0.717) is 0 Å². The van der Waals surface area contributed by atoms with E-state index in [1.165, 1.54) is 24.8 Å². The van der Waals surface area contributed by atoms with Crippen LogP contribution in [-0.2, 0) is 0 Å². The molecule has 2 rings (SSSR count). The Bertz CT molecular complexity index is 232. The first-order chi connectivity index (χ1) is 7.79. The zero-order chi connectivity index (χ0) is 12.8. The van der Waals surface area contributed by atoms with Crippen LogP contribution in [0.4, 0.5) is 0 Å². The Morgan fingerprint density at radius 2 is 1.69 bits per heavy atom. The van der Waals surface area contributed by atoms with Crippen molar-refractivity contribution in [3.8, 4) is 0 Å². The van der Waals surface area contributed by atoms with Crippen LogP contribution in [0.3, 0.4) is 0 Å². The van der Waals surface area contributed by atoms with E-state index in [2.05, 4.69) is 36.7 Å². The molecule has 0 atom stereocenters. The molecule has 0 amide bonds. The van der Waals surface area contributed by atoms with Gasteiger partial charge in [0.2, 0.25) is 0 Å². The standard InChI is InChI=1S/C6H10.C5H6S.2C2H6/c1-6-4-2-3-5-6;1-5-2-3-6-4-5;2*1-2/h4H,2-3,5H2,1H3;2-4H,1H3;2*1-2H3. The SMILES string of the molecule is CC.CC.CC1=CCCC1.Cc1ccsc1. The molecular formula is C15H28S. The Balaban J connectivity index is 0. The van der Waals surface area contributed by atoms with Crippen LogP contribution in [0, 0.1) is 6.92 Å². The van der Waals surface area contributed by atoms with E-state index in [1.54, 1.807) is 16.9 Å². The van der Waals surface area contributed by atoms with Crippen molar-refractivity contribution in [1.29, 1.82) is 0 Å². The molecule has 94 valence electrons. The third-order valence-electron chi connectivity index (χ3n) is 1.93. The van der Waals surface area contributed by atoms with Crippen LogP contribution in [-0.4, -0.2) is 0 Å². The topological polar surface area (TPSA) is 0 Å². The number of hydrogen-bond acceptors (Lipinski definition) is 1. The number of allylic oxidation sites excluding steroid dienone is 2. The van der Waals surface area contributed by atoms with E-state index in [-0.39, 0.29) is 0 Å². The smallest absolute Gasteiger partial charge is 0.00641 e. The average molecular weight is 240 g/mol. The minimum absolute atomic E-state index is 1.33. The summed E-state index contributed by atoms with van der Waals surface area (Å²) >= 11 is 1.74. The second-order valence-corrected chi connectivity index (χ2v) is 4.02. The number of rotatable bonds is 0. The monoisotopic (exact) mass is 240 g/mol. The summed E-state index contributed by atoms with van der Waals surface area (Å²) < 4.78 is 0. The number of hydrogen-bond donors (Lipinski definition) is 0. The van der Waals surface area contributed by atoms with E-state index in [4.69, 9.17) is 0 Å². The van der Waals surface area contributed by atoms with Crippen molar-refractivity contribution >= 4 is 11.3 Å². The highest BCUT2D eigenvalue weighted by Gasteiger charge is 1.95. The molecule has 0 aromatic carbocycles. The van der Waals surface area contributed by atoms with E-state index >= 15 is 0 Å². The van der Waals surface area contributed by atoms with E-state index in [1.807, 2.05) is 27.7 Å². The third kappa shape index (κ3) is 11.5. The second kappa shape index (κ2) is 14.4. The summed E-state index contributed by atoms with van der Waals surface area (Å²) in [4.78, 5) is 0. The van der Waals surface area contributed by atoms with Crippen molar-refractivity contribution < 1.29 is 0 Å². The lowest BCUT2D eigenvalue weighted by atomic mass is 10.3. The molecule has 0 saturated heterocycles. The molecule has 1 heterocycles. The largest absolute Gasteiger partial charge is 0.152 e. The Morgan fingerprint density at radius 3 is 1.81 bits per heavy atom. The summed E-state index contributed by atoms with van der Waals surface area (Å²) in [5.41, 5.74) is 2.94. The molecule has 0 bridgehead atoms.